The second-order valence-corrected chi connectivity index (χ2v) is 5.71. The van der Waals surface area contributed by atoms with Crippen molar-refractivity contribution in [3.8, 4) is 0 Å². The van der Waals surface area contributed by atoms with E-state index in [1.54, 1.807) is 0 Å². The van der Waals surface area contributed by atoms with E-state index in [1.165, 1.54) is 19.3 Å². The SMILES string of the molecule is CCCCCNCC(C)OC1CC(C)OC(C)C1. The van der Waals surface area contributed by atoms with E-state index in [0.29, 0.717) is 24.4 Å². The van der Waals surface area contributed by atoms with E-state index in [4.69, 9.17) is 9.47 Å². The van der Waals surface area contributed by atoms with Gasteiger partial charge in [0.2, 0.25) is 0 Å². The molecule has 3 atom stereocenters. The summed E-state index contributed by atoms with van der Waals surface area (Å²) in [4.78, 5) is 0. The largest absolute Gasteiger partial charge is 0.375 e. The van der Waals surface area contributed by atoms with Gasteiger partial charge in [0.1, 0.15) is 0 Å². The monoisotopic (exact) mass is 257 g/mol. The van der Waals surface area contributed by atoms with E-state index in [-0.39, 0.29) is 0 Å². The molecule has 0 spiro atoms. The van der Waals surface area contributed by atoms with E-state index in [0.717, 1.165) is 25.9 Å². The molecule has 108 valence electrons. The quantitative estimate of drug-likeness (QED) is 0.678. The highest BCUT2D eigenvalue weighted by Crippen LogP contribution is 2.22. The second-order valence-electron chi connectivity index (χ2n) is 5.71. The zero-order valence-corrected chi connectivity index (χ0v) is 12.6. The van der Waals surface area contributed by atoms with Gasteiger partial charge in [-0.05, 0) is 46.6 Å². The van der Waals surface area contributed by atoms with Crippen molar-refractivity contribution in [2.75, 3.05) is 13.1 Å². The Balaban J connectivity index is 2.09. The minimum absolute atomic E-state index is 0.300. The first-order valence-electron chi connectivity index (χ1n) is 7.63. The predicted octanol–water partition coefficient (Wildman–Crippen LogP) is 3.13. The Morgan fingerprint density at radius 2 is 1.89 bits per heavy atom. The van der Waals surface area contributed by atoms with Crippen molar-refractivity contribution in [3.05, 3.63) is 0 Å². The molecule has 3 nitrogen and oxygen atoms in total. The Kier molecular flexibility index (Phi) is 7.87. The topological polar surface area (TPSA) is 30.5 Å². The van der Waals surface area contributed by atoms with Crippen LogP contribution in [-0.4, -0.2) is 37.5 Å². The van der Waals surface area contributed by atoms with Crippen molar-refractivity contribution < 1.29 is 9.47 Å². The zero-order valence-electron chi connectivity index (χ0n) is 12.6. The molecule has 1 N–H and O–H groups in total. The summed E-state index contributed by atoms with van der Waals surface area (Å²) >= 11 is 0. The van der Waals surface area contributed by atoms with Crippen LogP contribution in [0.1, 0.15) is 59.8 Å². The first-order chi connectivity index (χ1) is 8.61. The van der Waals surface area contributed by atoms with Gasteiger partial charge in [-0.25, -0.2) is 0 Å². The summed E-state index contributed by atoms with van der Waals surface area (Å²) in [7, 11) is 0. The number of ether oxygens (including phenoxy) is 2. The van der Waals surface area contributed by atoms with Crippen molar-refractivity contribution in [3.63, 3.8) is 0 Å². The maximum absolute atomic E-state index is 6.10. The van der Waals surface area contributed by atoms with Gasteiger partial charge in [-0.15, -0.1) is 0 Å². The first kappa shape index (κ1) is 15.9. The molecule has 0 aromatic carbocycles. The molecule has 0 aromatic rings. The molecule has 0 bridgehead atoms. The number of hydrogen-bond donors (Lipinski definition) is 1. The fraction of sp³-hybridized carbons (Fsp3) is 1.00. The van der Waals surface area contributed by atoms with Gasteiger partial charge >= 0.3 is 0 Å². The van der Waals surface area contributed by atoms with Crippen LogP contribution >= 0.6 is 0 Å². The van der Waals surface area contributed by atoms with Crippen LogP contribution in [0.2, 0.25) is 0 Å². The Morgan fingerprint density at radius 3 is 2.50 bits per heavy atom. The third kappa shape index (κ3) is 6.72. The number of nitrogens with one attached hydrogen (secondary N) is 1. The third-order valence-corrected chi connectivity index (χ3v) is 3.47. The van der Waals surface area contributed by atoms with Crippen LogP contribution < -0.4 is 5.32 Å². The highest BCUT2D eigenvalue weighted by Gasteiger charge is 2.26. The van der Waals surface area contributed by atoms with Gasteiger partial charge < -0.3 is 14.8 Å². The lowest BCUT2D eigenvalue weighted by Crippen LogP contribution is -2.38. The first-order valence-corrected chi connectivity index (χ1v) is 7.63. The van der Waals surface area contributed by atoms with Crippen molar-refractivity contribution in [2.24, 2.45) is 0 Å². The predicted molar refractivity (Wildman–Crippen MR) is 76.0 cm³/mol. The van der Waals surface area contributed by atoms with E-state index in [9.17, 15) is 0 Å². The fourth-order valence-corrected chi connectivity index (χ4v) is 2.64. The van der Waals surface area contributed by atoms with Gasteiger partial charge in [-0.1, -0.05) is 19.8 Å². The Labute approximate surface area is 113 Å². The van der Waals surface area contributed by atoms with Crippen LogP contribution in [0.25, 0.3) is 0 Å². The molecule has 3 unspecified atom stereocenters. The van der Waals surface area contributed by atoms with Gasteiger partial charge in [-0.3, -0.25) is 0 Å². The van der Waals surface area contributed by atoms with Gasteiger partial charge in [0.05, 0.1) is 24.4 Å². The maximum atomic E-state index is 6.10. The smallest absolute Gasteiger partial charge is 0.0675 e. The minimum Gasteiger partial charge on any atom is -0.375 e. The summed E-state index contributed by atoms with van der Waals surface area (Å²) in [5, 5.41) is 3.48. The molecule has 1 aliphatic rings. The van der Waals surface area contributed by atoms with E-state index in [1.807, 2.05) is 0 Å². The fourth-order valence-electron chi connectivity index (χ4n) is 2.64. The van der Waals surface area contributed by atoms with Gasteiger partial charge in [0, 0.05) is 6.54 Å². The van der Waals surface area contributed by atoms with Gasteiger partial charge in [0.25, 0.3) is 0 Å². The molecule has 18 heavy (non-hydrogen) atoms. The molecule has 0 amide bonds. The van der Waals surface area contributed by atoms with Crippen LogP contribution in [0.4, 0.5) is 0 Å². The van der Waals surface area contributed by atoms with E-state index >= 15 is 0 Å². The molecule has 1 aliphatic heterocycles. The molecule has 0 radical (unpaired) electrons. The lowest BCUT2D eigenvalue weighted by atomic mass is 10.0. The summed E-state index contributed by atoms with van der Waals surface area (Å²) < 4.78 is 11.8. The zero-order chi connectivity index (χ0) is 13.4. The van der Waals surface area contributed by atoms with Crippen LogP contribution in [0.15, 0.2) is 0 Å². The average Bonchev–Trinajstić information content (AvgIpc) is 2.27. The summed E-state index contributed by atoms with van der Waals surface area (Å²) in [5.41, 5.74) is 0. The molecule has 1 rings (SSSR count). The Bertz CT molecular complexity index is 201. The lowest BCUT2D eigenvalue weighted by molar-refractivity contribution is -0.117. The number of unbranched alkanes of at least 4 members (excludes halogenated alkanes) is 2. The lowest BCUT2D eigenvalue weighted by Gasteiger charge is -2.33. The molecule has 1 heterocycles. The van der Waals surface area contributed by atoms with Crippen molar-refractivity contribution in [2.45, 2.75) is 84.2 Å². The van der Waals surface area contributed by atoms with Crippen LogP contribution in [0.3, 0.4) is 0 Å². The third-order valence-electron chi connectivity index (χ3n) is 3.47. The maximum Gasteiger partial charge on any atom is 0.0675 e. The van der Waals surface area contributed by atoms with Crippen molar-refractivity contribution in [1.82, 2.24) is 5.32 Å². The van der Waals surface area contributed by atoms with Gasteiger partial charge in [0.15, 0.2) is 0 Å². The van der Waals surface area contributed by atoms with Crippen LogP contribution in [-0.2, 0) is 9.47 Å². The van der Waals surface area contributed by atoms with Crippen molar-refractivity contribution in [1.29, 1.82) is 0 Å². The molecular weight excluding hydrogens is 226 g/mol. The number of rotatable bonds is 8. The minimum atomic E-state index is 0.300. The molecule has 0 aromatic heterocycles. The molecular formula is C15H31NO2. The highest BCUT2D eigenvalue weighted by atomic mass is 16.5. The molecule has 0 saturated carbocycles. The summed E-state index contributed by atoms with van der Waals surface area (Å²) in [6.45, 7) is 10.8. The molecule has 1 fully saturated rings. The Hall–Kier alpha value is -0.120. The molecule has 3 heteroatoms. The summed E-state index contributed by atoms with van der Waals surface area (Å²) in [6.07, 6.45) is 7.28. The number of hydrogen-bond acceptors (Lipinski definition) is 3. The van der Waals surface area contributed by atoms with Crippen LogP contribution in [0, 0.1) is 0 Å². The standard InChI is InChI=1S/C15H31NO2/c1-5-6-7-8-16-11-14(4)18-15-9-12(2)17-13(3)10-15/h12-16H,5-11H2,1-4H3. The van der Waals surface area contributed by atoms with Gasteiger partial charge in [-0.2, -0.15) is 0 Å². The summed E-state index contributed by atoms with van der Waals surface area (Å²) in [5.74, 6) is 0. The average molecular weight is 257 g/mol. The second kappa shape index (κ2) is 8.89. The normalized spacial score (nSPS) is 30.3. The highest BCUT2D eigenvalue weighted by molar-refractivity contribution is 4.75. The molecule has 0 aliphatic carbocycles. The summed E-state index contributed by atoms with van der Waals surface area (Å²) in [6, 6.07) is 0. The van der Waals surface area contributed by atoms with E-state index < -0.39 is 0 Å². The Morgan fingerprint density at radius 1 is 1.22 bits per heavy atom. The van der Waals surface area contributed by atoms with E-state index in [2.05, 4.69) is 33.0 Å². The van der Waals surface area contributed by atoms with Crippen LogP contribution in [0.5, 0.6) is 0 Å². The molecule has 1 saturated heterocycles. The van der Waals surface area contributed by atoms with Crippen molar-refractivity contribution >= 4 is 0 Å².